The van der Waals surface area contributed by atoms with Gasteiger partial charge in [-0.1, -0.05) is 6.07 Å². The van der Waals surface area contributed by atoms with Gasteiger partial charge in [-0.3, -0.25) is 0 Å². The Morgan fingerprint density at radius 1 is 1.00 bits per heavy atom. The Hall–Kier alpha value is 0.190. The molecule has 3 nitrogen and oxygen atoms in total. The van der Waals surface area contributed by atoms with E-state index < -0.39 is 0 Å². The van der Waals surface area contributed by atoms with Crippen molar-refractivity contribution in [3.05, 3.63) is 46.6 Å². The van der Waals surface area contributed by atoms with E-state index in [0.29, 0.717) is 5.75 Å². The average molecular weight is 608 g/mol. The van der Waals surface area contributed by atoms with Gasteiger partial charge in [0.05, 0.1) is 17.3 Å². The van der Waals surface area contributed by atoms with E-state index in [-0.39, 0.29) is 0 Å². The SMILES string of the molecule is [NH3+]CCc1ccc(Oc2cc(I)c(O)c(I)c2)c(I)c1. The maximum absolute atomic E-state index is 9.77. The maximum atomic E-state index is 9.77. The molecule has 0 aromatic heterocycles. The summed E-state index contributed by atoms with van der Waals surface area (Å²) >= 11 is 6.48. The average Bonchev–Trinajstić information content (AvgIpc) is 2.39. The zero-order valence-electron chi connectivity index (χ0n) is 10.5. The lowest BCUT2D eigenvalue weighted by Gasteiger charge is -2.11. The number of aromatic hydroxyl groups is 1. The molecule has 0 aliphatic carbocycles. The first kappa shape index (κ1) is 16.6. The summed E-state index contributed by atoms with van der Waals surface area (Å²) in [6, 6.07) is 9.84. The van der Waals surface area contributed by atoms with Gasteiger partial charge in [-0.05, 0) is 97.6 Å². The number of quaternary nitrogens is 1. The molecule has 0 atom stereocenters. The van der Waals surface area contributed by atoms with Crippen molar-refractivity contribution in [1.82, 2.24) is 0 Å². The lowest BCUT2D eigenvalue weighted by Crippen LogP contribution is -2.51. The van der Waals surface area contributed by atoms with E-state index in [0.717, 1.165) is 35.2 Å². The molecule has 2 aromatic rings. The molecule has 0 unspecified atom stereocenters. The minimum Gasteiger partial charge on any atom is -0.506 e. The largest absolute Gasteiger partial charge is 0.506 e. The van der Waals surface area contributed by atoms with Crippen molar-refractivity contribution in [1.29, 1.82) is 0 Å². The Kier molecular flexibility index (Phi) is 6.17. The molecule has 0 saturated heterocycles. The molecular formula is C14H13I3NO2+. The van der Waals surface area contributed by atoms with Crippen molar-refractivity contribution in [2.24, 2.45) is 0 Å². The van der Waals surface area contributed by atoms with E-state index in [1.807, 2.05) is 18.2 Å². The Labute approximate surface area is 158 Å². The predicted octanol–water partition coefficient (Wildman–Crippen LogP) is 3.78. The van der Waals surface area contributed by atoms with Crippen LogP contribution < -0.4 is 10.5 Å². The molecule has 20 heavy (non-hydrogen) atoms. The molecule has 0 amide bonds. The number of rotatable bonds is 4. The number of benzene rings is 2. The highest BCUT2D eigenvalue weighted by molar-refractivity contribution is 14.1. The molecule has 0 spiro atoms. The summed E-state index contributed by atoms with van der Waals surface area (Å²) in [5, 5.41) is 9.77. The van der Waals surface area contributed by atoms with Crippen LogP contribution in [0, 0.1) is 10.7 Å². The number of hydrogen-bond donors (Lipinski definition) is 2. The van der Waals surface area contributed by atoms with Gasteiger partial charge in [0.25, 0.3) is 0 Å². The maximum Gasteiger partial charge on any atom is 0.142 e. The molecule has 106 valence electrons. The molecule has 0 radical (unpaired) electrons. The fourth-order valence-electron chi connectivity index (χ4n) is 1.71. The van der Waals surface area contributed by atoms with Crippen LogP contribution in [0.4, 0.5) is 0 Å². The summed E-state index contributed by atoms with van der Waals surface area (Å²) in [7, 11) is 0. The number of halogens is 3. The van der Waals surface area contributed by atoms with Crippen LogP contribution in [-0.2, 0) is 6.42 Å². The van der Waals surface area contributed by atoms with Gasteiger partial charge in [0.1, 0.15) is 17.2 Å². The third-order valence-corrected chi connectivity index (χ3v) is 5.17. The normalized spacial score (nSPS) is 10.6. The van der Waals surface area contributed by atoms with Gasteiger partial charge in [0, 0.05) is 6.42 Å². The molecular weight excluding hydrogens is 595 g/mol. The van der Waals surface area contributed by atoms with Crippen LogP contribution in [0.1, 0.15) is 5.56 Å². The number of phenolic OH excluding ortho intramolecular Hbond substituents is 1. The Morgan fingerprint density at radius 3 is 2.20 bits per heavy atom. The van der Waals surface area contributed by atoms with Gasteiger partial charge in [-0.25, -0.2) is 0 Å². The van der Waals surface area contributed by atoms with Crippen molar-refractivity contribution in [3.8, 4) is 17.2 Å². The molecule has 2 aromatic carbocycles. The zero-order valence-corrected chi connectivity index (χ0v) is 17.0. The topological polar surface area (TPSA) is 57.1 Å². The van der Waals surface area contributed by atoms with E-state index in [1.54, 1.807) is 0 Å². The van der Waals surface area contributed by atoms with Gasteiger partial charge in [-0.2, -0.15) is 0 Å². The van der Waals surface area contributed by atoms with Crippen molar-refractivity contribution < 1.29 is 15.6 Å². The molecule has 0 fully saturated rings. The van der Waals surface area contributed by atoms with Crippen LogP contribution in [-0.4, -0.2) is 11.7 Å². The van der Waals surface area contributed by atoms with Crippen LogP contribution >= 0.6 is 67.8 Å². The predicted molar refractivity (Wildman–Crippen MR) is 104 cm³/mol. The van der Waals surface area contributed by atoms with E-state index in [1.165, 1.54) is 5.56 Å². The van der Waals surface area contributed by atoms with E-state index in [9.17, 15) is 5.11 Å². The Morgan fingerprint density at radius 2 is 1.65 bits per heavy atom. The molecule has 0 aliphatic heterocycles. The monoisotopic (exact) mass is 608 g/mol. The Bertz CT molecular complexity index is 609. The highest BCUT2D eigenvalue weighted by Crippen LogP contribution is 2.34. The summed E-state index contributed by atoms with van der Waals surface area (Å²) in [4.78, 5) is 0. The summed E-state index contributed by atoms with van der Waals surface area (Å²) in [5.74, 6) is 1.87. The minimum atomic E-state index is 0.305. The standard InChI is InChI=1S/C14H12I3NO2/c15-10-5-8(3-4-18)1-2-13(10)20-9-6-11(16)14(19)12(17)7-9/h1-2,5-7,19H,3-4,18H2/p+1. The molecule has 0 bridgehead atoms. The zero-order chi connectivity index (χ0) is 14.7. The van der Waals surface area contributed by atoms with Gasteiger partial charge >= 0.3 is 0 Å². The van der Waals surface area contributed by atoms with Crippen LogP contribution in [0.2, 0.25) is 0 Å². The smallest absolute Gasteiger partial charge is 0.142 e. The highest BCUT2D eigenvalue weighted by atomic mass is 127. The second-order valence-electron chi connectivity index (χ2n) is 4.21. The van der Waals surface area contributed by atoms with Crippen molar-refractivity contribution in [2.45, 2.75) is 6.42 Å². The first-order valence-corrected chi connectivity index (χ1v) is 9.18. The summed E-state index contributed by atoms with van der Waals surface area (Å²) in [5.41, 5.74) is 5.14. The molecule has 0 aliphatic rings. The van der Waals surface area contributed by atoms with E-state index in [4.69, 9.17) is 4.74 Å². The third-order valence-electron chi connectivity index (χ3n) is 2.68. The number of ether oxygens (including phenoxy) is 1. The van der Waals surface area contributed by atoms with Gasteiger partial charge in [0.15, 0.2) is 0 Å². The molecule has 0 heterocycles. The summed E-state index contributed by atoms with van der Waals surface area (Å²) in [6.07, 6.45) is 0.977. The van der Waals surface area contributed by atoms with Crippen LogP contribution in [0.25, 0.3) is 0 Å². The minimum absolute atomic E-state index is 0.305. The van der Waals surface area contributed by atoms with E-state index >= 15 is 0 Å². The van der Waals surface area contributed by atoms with Crippen molar-refractivity contribution >= 4 is 67.8 Å². The quantitative estimate of drug-likeness (QED) is 0.520. The molecule has 6 heteroatoms. The third kappa shape index (κ3) is 4.10. The lowest BCUT2D eigenvalue weighted by molar-refractivity contribution is -0.366. The van der Waals surface area contributed by atoms with Gasteiger partial charge < -0.3 is 15.6 Å². The second-order valence-corrected chi connectivity index (χ2v) is 7.69. The van der Waals surface area contributed by atoms with Gasteiger partial charge in [-0.15, -0.1) is 0 Å². The summed E-state index contributed by atoms with van der Waals surface area (Å²) in [6.45, 7) is 0.893. The first-order chi connectivity index (χ1) is 9.51. The highest BCUT2D eigenvalue weighted by Gasteiger charge is 2.09. The van der Waals surface area contributed by atoms with Crippen molar-refractivity contribution in [2.75, 3.05) is 6.54 Å². The number of hydrogen-bond acceptors (Lipinski definition) is 2. The molecule has 4 N–H and O–H groups in total. The van der Waals surface area contributed by atoms with Crippen molar-refractivity contribution in [3.63, 3.8) is 0 Å². The fourth-order valence-corrected chi connectivity index (χ4v) is 4.12. The Balaban J connectivity index is 2.26. The fraction of sp³-hybridized carbons (Fsp3) is 0.143. The lowest BCUT2D eigenvalue weighted by atomic mass is 10.1. The first-order valence-electron chi connectivity index (χ1n) is 5.95. The molecule has 2 rings (SSSR count). The summed E-state index contributed by atoms with van der Waals surface area (Å²) < 4.78 is 8.56. The number of phenols is 1. The van der Waals surface area contributed by atoms with Crippen LogP contribution in [0.3, 0.4) is 0 Å². The van der Waals surface area contributed by atoms with E-state index in [2.05, 4.69) is 85.6 Å². The van der Waals surface area contributed by atoms with Crippen LogP contribution in [0.15, 0.2) is 30.3 Å². The molecule has 0 saturated carbocycles. The van der Waals surface area contributed by atoms with Crippen LogP contribution in [0.5, 0.6) is 17.2 Å². The van der Waals surface area contributed by atoms with Gasteiger partial charge in [0.2, 0.25) is 0 Å². The second kappa shape index (κ2) is 7.45.